The van der Waals surface area contributed by atoms with Crippen molar-refractivity contribution in [2.45, 2.75) is 18.4 Å². The van der Waals surface area contributed by atoms with Crippen LogP contribution in [0.25, 0.3) is 11.1 Å². The fraction of sp³-hybridized carbons (Fsp3) is 0.267. The number of rotatable bonds is 3. The molecule has 2 N–H and O–H groups in total. The molecule has 1 aliphatic carbocycles. The highest BCUT2D eigenvalue weighted by Crippen LogP contribution is 2.38. The van der Waals surface area contributed by atoms with E-state index in [0.29, 0.717) is 12.0 Å². The van der Waals surface area contributed by atoms with Gasteiger partial charge >= 0.3 is 0 Å². The second-order valence-corrected chi connectivity index (χ2v) is 4.71. The van der Waals surface area contributed by atoms with Crippen LogP contribution in [0.3, 0.4) is 0 Å². The van der Waals surface area contributed by atoms with Gasteiger partial charge in [-0.15, -0.1) is 12.4 Å². The van der Waals surface area contributed by atoms with Gasteiger partial charge in [0, 0.05) is 29.4 Å². The first-order chi connectivity index (χ1) is 8.78. The summed E-state index contributed by atoms with van der Waals surface area (Å²) in [7, 11) is 1.68. The summed E-state index contributed by atoms with van der Waals surface area (Å²) in [6.07, 6.45) is 2.97. The van der Waals surface area contributed by atoms with Gasteiger partial charge in [0.05, 0.1) is 7.11 Å². The van der Waals surface area contributed by atoms with Gasteiger partial charge in [0.1, 0.15) is 5.75 Å². The molecule has 4 heteroatoms. The van der Waals surface area contributed by atoms with Crippen molar-refractivity contribution in [2.24, 2.45) is 5.73 Å². The van der Waals surface area contributed by atoms with E-state index in [-0.39, 0.29) is 12.4 Å². The summed E-state index contributed by atoms with van der Waals surface area (Å²) in [4.78, 5) is 4.50. The predicted molar refractivity (Wildman–Crippen MR) is 78.8 cm³/mol. The largest absolute Gasteiger partial charge is 0.497 e. The highest BCUT2D eigenvalue weighted by molar-refractivity contribution is 5.85. The van der Waals surface area contributed by atoms with Gasteiger partial charge in [0.25, 0.3) is 0 Å². The molecule has 1 heterocycles. The molecule has 0 amide bonds. The van der Waals surface area contributed by atoms with Crippen LogP contribution in [0.2, 0.25) is 0 Å². The van der Waals surface area contributed by atoms with Gasteiger partial charge < -0.3 is 10.5 Å². The Labute approximate surface area is 119 Å². The molecule has 3 nitrogen and oxygen atoms in total. The van der Waals surface area contributed by atoms with E-state index >= 15 is 0 Å². The van der Waals surface area contributed by atoms with E-state index in [1.807, 2.05) is 24.4 Å². The highest BCUT2D eigenvalue weighted by Gasteiger charge is 2.35. The molecular formula is C15H17ClN2O. The zero-order chi connectivity index (χ0) is 12.5. The fourth-order valence-electron chi connectivity index (χ4n) is 2.15. The SMILES string of the molecule is COc1cccc(-c2ccc(C3CC3N)nc2)c1.Cl. The van der Waals surface area contributed by atoms with Crippen LogP contribution < -0.4 is 10.5 Å². The zero-order valence-electron chi connectivity index (χ0n) is 10.7. The zero-order valence-corrected chi connectivity index (χ0v) is 11.6. The van der Waals surface area contributed by atoms with Crippen molar-refractivity contribution in [3.05, 3.63) is 48.3 Å². The summed E-state index contributed by atoms with van der Waals surface area (Å²) in [5.41, 5.74) is 9.16. The van der Waals surface area contributed by atoms with Crippen LogP contribution in [0.15, 0.2) is 42.6 Å². The number of ether oxygens (including phenoxy) is 1. The quantitative estimate of drug-likeness (QED) is 0.937. The smallest absolute Gasteiger partial charge is 0.119 e. The number of nitrogens with zero attached hydrogens (tertiary/aromatic N) is 1. The molecule has 100 valence electrons. The minimum atomic E-state index is 0. The van der Waals surface area contributed by atoms with E-state index in [9.17, 15) is 0 Å². The monoisotopic (exact) mass is 276 g/mol. The van der Waals surface area contributed by atoms with Crippen molar-refractivity contribution in [3.8, 4) is 16.9 Å². The number of halogens is 1. The highest BCUT2D eigenvalue weighted by atomic mass is 35.5. The summed E-state index contributed by atoms with van der Waals surface area (Å²) in [5, 5.41) is 0. The fourth-order valence-corrected chi connectivity index (χ4v) is 2.15. The maximum absolute atomic E-state index is 5.83. The Morgan fingerprint density at radius 3 is 2.58 bits per heavy atom. The first-order valence-corrected chi connectivity index (χ1v) is 6.14. The number of hydrogen-bond donors (Lipinski definition) is 1. The van der Waals surface area contributed by atoms with Crippen molar-refractivity contribution in [1.29, 1.82) is 0 Å². The average Bonchev–Trinajstić information content (AvgIpc) is 3.16. The maximum atomic E-state index is 5.83. The van der Waals surface area contributed by atoms with E-state index in [4.69, 9.17) is 10.5 Å². The summed E-state index contributed by atoms with van der Waals surface area (Å²) >= 11 is 0. The Balaban J connectivity index is 0.00000133. The lowest BCUT2D eigenvalue weighted by Crippen LogP contribution is -2.01. The lowest BCUT2D eigenvalue weighted by molar-refractivity contribution is 0.415. The molecule has 2 aromatic rings. The summed E-state index contributed by atoms with van der Waals surface area (Å²) in [6, 6.07) is 12.5. The van der Waals surface area contributed by atoms with E-state index in [0.717, 1.165) is 29.0 Å². The molecule has 2 atom stereocenters. The van der Waals surface area contributed by atoms with Crippen molar-refractivity contribution >= 4 is 12.4 Å². The first kappa shape index (κ1) is 13.8. The van der Waals surface area contributed by atoms with Crippen LogP contribution in [0, 0.1) is 0 Å². The number of benzene rings is 1. The van der Waals surface area contributed by atoms with Gasteiger partial charge in [-0.3, -0.25) is 4.98 Å². The molecule has 19 heavy (non-hydrogen) atoms. The lowest BCUT2D eigenvalue weighted by atomic mass is 10.1. The third kappa shape index (κ3) is 2.88. The van der Waals surface area contributed by atoms with E-state index < -0.39 is 0 Å². The Bertz CT molecular complexity index is 556. The number of methoxy groups -OCH3 is 1. The Hall–Kier alpha value is -1.58. The third-order valence-corrected chi connectivity index (χ3v) is 3.41. The third-order valence-electron chi connectivity index (χ3n) is 3.41. The number of aromatic nitrogens is 1. The first-order valence-electron chi connectivity index (χ1n) is 6.14. The number of hydrogen-bond acceptors (Lipinski definition) is 3. The van der Waals surface area contributed by atoms with Gasteiger partial charge in [0.15, 0.2) is 0 Å². The summed E-state index contributed by atoms with van der Waals surface area (Å²) in [5.74, 6) is 1.32. The molecular weight excluding hydrogens is 260 g/mol. The molecule has 0 spiro atoms. The van der Waals surface area contributed by atoms with Gasteiger partial charge in [-0.25, -0.2) is 0 Å². The molecule has 1 aliphatic rings. The van der Waals surface area contributed by atoms with Crippen LogP contribution in [0.5, 0.6) is 5.75 Å². The van der Waals surface area contributed by atoms with Crippen molar-refractivity contribution in [3.63, 3.8) is 0 Å². The van der Waals surface area contributed by atoms with Crippen molar-refractivity contribution in [2.75, 3.05) is 7.11 Å². The van der Waals surface area contributed by atoms with Gasteiger partial charge in [-0.1, -0.05) is 18.2 Å². The maximum Gasteiger partial charge on any atom is 0.119 e. The number of pyridine rings is 1. The Kier molecular flexibility index (Phi) is 4.08. The van der Waals surface area contributed by atoms with Crippen molar-refractivity contribution in [1.82, 2.24) is 4.98 Å². The molecule has 0 radical (unpaired) electrons. The van der Waals surface area contributed by atoms with Gasteiger partial charge in [0.2, 0.25) is 0 Å². The van der Waals surface area contributed by atoms with Gasteiger partial charge in [-0.2, -0.15) is 0 Å². The van der Waals surface area contributed by atoms with E-state index in [2.05, 4.69) is 23.2 Å². The Morgan fingerprint density at radius 1 is 1.21 bits per heavy atom. The standard InChI is InChI=1S/C15H16N2O.ClH/c1-18-12-4-2-3-10(7-12)11-5-6-15(17-9-11)13-8-14(13)16;/h2-7,9,13-14H,8,16H2,1H3;1H. The molecule has 0 aliphatic heterocycles. The normalized spacial score (nSPS) is 20.5. The van der Waals surface area contributed by atoms with Crippen LogP contribution in [0.4, 0.5) is 0 Å². The summed E-state index contributed by atoms with van der Waals surface area (Å²) < 4.78 is 5.23. The van der Waals surface area contributed by atoms with Crippen LogP contribution >= 0.6 is 12.4 Å². The lowest BCUT2D eigenvalue weighted by Gasteiger charge is -2.05. The van der Waals surface area contributed by atoms with Gasteiger partial charge in [-0.05, 0) is 30.2 Å². The Morgan fingerprint density at radius 2 is 2.00 bits per heavy atom. The second kappa shape index (κ2) is 5.59. The molecule has 0 bridgehead atoms. The summed E-state index contributed by atoms with van der Waals surface area (Å²) in [6.45, 7) is 0. The molecule has 0 saturated heterocycles. The minimum absolute atomic E-state index is 0. The van der Waals surface area contributed by atoms with E-state index in [1.165, 1.54) is 0 Å². The van der Waals surface area contributed by atoms with Crippen molar-refractivity contribution < 1.29 is 4.74 Å². The minimum Gasteiger partial charge on any atom is -0.497 e. The average molecular weight is 277 g/mol. The topological polar surface area (TPSA) is 48.1 Å². The molecule has 1 fully saturated rings. The molecule has 3 rings (SSSR count). The van der Waals surface area contributed by atoms with Crippen LogP contribution in [0.1, 0.15) is 18.0 Å². The molecule has 2 unspecified atom stereocenters. The van der Waals surface area contributed by atoms with E-state index in [1.54, 1.807) is 7.11 Å². The molecule has 1 aromatic heterocycles. The molecule has 1 aromatic carbocycles. The predicted octanol–water partition coefficient (Wildman–Crippen LogP) is 2.99. The van der Waals surface area contributed by atoms with Crippen LogP contribution in [-0.2, 0) is 0 Å². The number of nitrogens with two attached hydrogens (primary N) is 1. The van der Waals surface area contributed by atoms with Crippen LogP contribution in [-0.4, -0.2) is 18.1 Å². The molecule has 1 saturated carbocycles. The second-order valence-electron chi connectivity index (χ2n) is 4.71.